The zero-order valence-corrected chi connectivity index (χ0v) is 17.7. The van der Waals surface area contributed by atoms with E-state index in [9.17, 15) is 19.2 Å². The van der Waals surface area contributed by atoms with E-state index in [1.165, 1.54) is 11.0 Å². The maximum atomic E-state index is 12.8. The molecule has 156 valence electrons. The van der Waals surface area contributed by atoms with E-state index in [4.69, 9.17) is 9.15 Å². The van der Waals surface area contributed by atoms with Crippen molar-refractivity contribution in [2.24, 2.45) is 0 Å². The number of esters is 1. The number of para-hydroxylation sites is 1. The van der Waals surface area contributed by atoms with Crippen LogP contribution in [-0.2, 0) is 4.74 Å². The number of hydrogen-bond acceptors (Lipinski definition) is 7. The van der Waals surface area contributed by atoms with Crippen molar-refractivity contribution in [3.63, 3.8) is 0 Å². The van der Waals surface area contributed by atoms with Crippen LogP contribution in [0.5, 0.6) is 0 Å². The third-order valence-corrected chi connectivity index (χ3v) is 5.54. The van der Waals surface area contributed by atoms with Crippen LogP contribution in [0.25, 0.3) is 11.0 Å². The van der Waals surface area contributed by atoms with Crippen LogP contribution in [0.15, 0.2) is 39.5 Å². The predicted molar refractivity (Wildman–Crippen MR) is 113 cm³/mol. The van der Waals surface area contributed by atoms with Crippen LogP contribution in [0.1, 0.15) is 42.9 Å². The molecule has 0 aliphatic heterocycles. The van der Waals surface area contributed by atoms with E-state index in [0.717, 1.165) is 11.3 Å². The van der Waals surface area contributed by atoms with Gasteiger partial charge in [-0.15, -0.1) is 11.3 Å². The molecule has 1 aromatic carbocycles. The van der Waals surface area contributed by atoms with Crippen LogP contribution >= 0.6 is 11.3 Å². The highest BCUT2D eigenvalue weighted by atomic mass is 32.1. The molecule has 0 saturated carbocycles. The van der Waals surface area contributed by atoms with Crippen molar-refractivity contribution in [1.29, 1.82) is 0 Å². The molecule has 9 heteroatoms. The number of carbonyl (C=O) groups excluding carboxylic acids is 3. The van der Waals surface area contributed by atoms with Crippen molar-refractivity contribution in [2.45, 2.75) is 13.8 Å². The number of thiophene rings is 1. The molecular formula is C21H20N2O6S. The summed E-state index contributed by atoms with van der Waals surface area (Å²) in [5.41, 5.74) is -0.169. The Morgan fingerprint density at radius 2 is 1.90 bits per heavy atom. The molecule has 2 amide bonds. The molecule has 1 N–H and O–H groups in total. The van der Waals surface area contributed by atoms with Gasteiger partial charge < -0.3 is 19.4 Å². The molecule has 2 heterocycles. The average molecular weight is 428 g/mol. The van der Waals surface area contributed by atoms with Crippen molar-refractivity contribution in [3.05, 3.63) is 62.3 Å². The Hall–Kier alpha value is -3.46. The van der Waals surface area contributed by atoms with E-state index in [1.54, 1.807) is 52.2 Å². The van der Waals surface area contributed by atoms with Crippen LogP contribution in [0, 0.1) is 6.92 Å². The highest BCUT2D eigenvalue weighted by molar-refractivity contribution is 7.18. The van der Waals surface area contributed by atoms with Gasteiger partial charge >= 0.3 is 11.6 Å². The quantitative estimate of drug-likeness (QED) is 0.494. The van der Waals surface area contributed by atoms with Gasteiger partial charge in [-0.3, -0.25) is 9.59 Å². The first kappa shape index (κ1) is 21.3. The number of amides is 2. The monoisotopic (exact) mass is 428 g/mol. The van der Waals surface area contributed by atoms with Crippen LogP contribution in [0.2, 0.25) is 0 Å². The van der Waals surface area contributed by atoms with Crippen molar-refractivity contribution < 1.29 is 23.5 Å². The van der Waals surface area contributed by atoms with E-state index in [1.807, 2.05) is 0 Å². The normalized spacial score (nSPS) is 10.7. The second-order valence-corrected chi connectivity index (χ2v) is 7.64. The number of carbonyl (C=O) groups is 3. The van der Waals surface area contributed by atoms with Gasteiger partial charge in [0.05, 0.1) is 17.0 Å². The minimum Gasteiger partial charge on any atom is -0.462 e. The molecule has 8 nitrogen and oxygen atoms in total. The van der Waals surface area contributed by atoms with Gasteiger partial charge in [0.15, 0.2) is 0 Å². The van der Waals surface area contributed by atoms with Crippen molar-refractivity contribution in [1.82, 2.24) is 4.90 Å². The highest BCUT2D eigenvalue weighted by Gasteiger charge is 2.28. The summed E-state index contributed by atoms with van der Waals surface area (Å²) in [6, 6.07) is 8.23. The van der Waals surface area contributed by atoms with Gasteiger partial charge in [-0.2, -0.15) is 0 Å². The molecule has 30 heavy (non-hydrogen) atoms. The number of benzene rings is 1. The Morgan fingerprint density at radius 1 is 1.20 bits per heavy atom. The Morgan fingerprint density at radius 3 is 2.57 bits per heavy atom. The van der Waals surface area contributed by atoms with E-state index < -0.39 is 17.5 Å². The second-order valence-electron chi connectivity index (χ2n) is 6.62. The summed E-state index contributed by atoms with van der Waals surface area (Å²) in [6.45, 7) is 3.40. The fourth-order valence-electron chi connectivity index (χ4n) is 2.85. The Labute approximate surface area is 176 Å². The van der Waals surface area contributed by atoms with Gasteiger partial charge in [0.2, 0.25) is 0 Å². The summed E-state index contributed by atoms with van der Waals surface area (Å²) in [6.07, 6.45) is 0. The molecule has 2 aromatic heterocycles. The fraction of sp³-hybridized carbons (Fsp3) is 0.238. The number of rotatable bonds is 5. The minimum absolute atomic E-state index is 0.0885. The molecule has 0 saturated heterocycles. The van der Waals surface area contributed by atoms with Crippen LogP contribution in [0.4, 0.5) is 5.00 Å². The lowest BCUT2D eigenvalue weighted by molar-refractivity contribution is 0.0527. The first-order valence-electron chi connectivity index (χ1n) is 9.11. The molecule has 0 radical (unpaired) electrons. The summed E-state index contributed by atoms with van der Waals surface area (Å²) in [5, 5.41) is 3.29. The molecule has 0 fully saturated rings. The van der Waals surface area contributed by atoms with Gasteiger partial charge in [-0.1, -0.05) is 18.2 Å². The molecule has 3 rings (SSSR count). The van der Waals surface area contributed by atoms with Crippen LogP contribution < -0.4 is 10.9 Å². The van der Waals surface area contributed by atoms with E-state index in [0.29, 0.717) is 21.4 Å². The largest absolute Gasteiger partial charge is 0.462 e. The predicted octanol–water partition coefficient (Wildman–Crippen LogP) is 3.29. The van der Waals surface area contributed by atoms with Gasteiger partial charge in [0.25, 0.3) is 11.8 Å². The van der Waals surface area contributed by atoms with Crippen LogP contribution in [-0.4, -0.2) is 43.4 Å². The first-order valence-corrected chi connectivity index (χ1v) is 9.92. The van der Waals surface area contributed by atoms with Crippen molar-refractivity contribution in [2.75, 3.05) is 26.0 Å². The molecule has 0 unspecified atom stereocenters. The lowest BCUT2D eigenvalue weighted by atomic mass is 10.1. The summed E-state index contributed by atoms with van der Waals surface area (Å²) in [4.78, 5) is 51.7. The van der Waals surface area contributed by atoms with E-state index in [2.05, 4.69) is 5.32 Å². The maximum Gasteiger partial charge on any atom is 0.349 e. The molecule has 0 aliphatic rings. The first-order chi connectivity index (χ1) is 14.2. The smallest absolute Gasteiger partial charge is 0.349 e. The van der Waals surface area contributed by atoms with E-state index >= 15 is 0 Å². The standard InChI is InChI=1S/C21H20N2O6S/c1-5-28-21(27)15-11(2)16(19(25)23(3)4)30-18(15)22-17(24)13-10-12-8-6-7-9-14(12)29-20(13)26/h6-10H,5H2,1-4H3,(H,22,24). The molecular weight excluding hydrogens is 408 g/mol. The third-order valence-electron chi connectivity index (χ3n) is 4.34. The molecule has 0 aliphatic carbocycles. The number of nitrogens with one attached hydrogen (secondary N) is 1. The number of ether oxygens (including phenoxy) is 1. The number of hydrogen-bond donors (Lipinski definition) is 1. The van der Waals surface area contributed by atoms with Crippen molar-refractivity contribution >= 4 is 45.1 Å². The minimum atomic E-state index is -0.804. The Balaban J connectivity index is 2.05. The Kier molecular flexibility index (Phi) is 6.02. The number of anilines is 1. The van der Waals surface area contributed by atoms with E-state index in [-0.39, 0.29) is 28.6 Å². The maximum absolute atomic E-state index is 12.8. The zero-order chi connectivity index (χ0) is 22.0. The summed E-state index contributed by atoms with van der Waals surface area (Å²) in [7, 11) is 3.17. The Bertz CT molecular complexity index is 1210. The van der Waals surface area contributed by atoms with Crippen molar-refractivity contribution in [3.8, 4) is 0 Å². The average Bonchev–Trinajstić information content (AvgIpc) is 3.02. The molecule has 0 atom stereocenters. The number of fused-ring (bicyclic) bond motifs is 1. The second kappa shape index (κ2) is 8.50. The van der Waals surface area contributed by atoms with Gasteiger partial charge in [0, 0.05) is 19.5 Å². The zero-order valence-electron chi connectivity index (χ0n) is 16.9. The molecule has 3 aromatic rings. The SMILES string of the molecule is CCOC(=O)c1c(NC(=O)c2cc3ccccc3oc2=O)sc(C(=O)N(C)C)c1C. The van der Waals surface area contributed by atoms with Gasteiger partial charge in [-0.25, -0.2) is 9.59 Å². The number of nitrogens with zero attached hydrogens (tertiary/aromatic N) is 1. The lowest BCUT2D eigenvalue weighted by Gasteiger charge is -2.09. The summed E-state index contributed by atoms with van der Waals surface area (Å²) < 4.78 is 10.3. The summed E-state index contributed by atoms with van der Waals surface area (Å²) in [5.74, 6) is -1.72. The third kappa shape index (κ3) is 3.97. The van der Waals surface area contributed by atoms with Gasteiger partial charge in [-0.05, 0) is 31.5 Å². The fourth-order valence-corrected chi connectivity index (χ4v) is 4.06. The van der Waals surface area contributed by atoms with Crippen LogP contribution in [0.3, 0.4) is 0 Å². The summed E-state index contributed by atoms with van der Waals surface area (Å²) >= 11 is 0.953. The molecule has 0 spiro atoms. The highest BCUT2D eigenvalue weighted by Crippen LogP contribution is 2.34. The van der Waals surface area contributed by atoms with Gasteiger partial charge in [0.1, 0.15) is 16.1 Å². The topological polar surface area (TPSA) is 106 Å². The molecule has 0 bridgehead atoms. The lowest BCUT2D eigenvalue weighted by Crippen LogP contribution is -2.21.